The lowest BCUT2D eigenvalue weighted by Crippen LogP contribution is -2.35. The number of carbonyl (C=O) groups excluding carboxylic acids is 3. The zero-order chi connectivity index (χ0) is 27.7. The smallest absolute Gasteiger partial charge is 0.303 e. The Morgan fingerprint density at radius 1 is 1.08 bits per heavy atom. The van der Waals surface area contributed by atoms with Crippen LogP contribution in [0.2, 0.25) is 0 Å². The van der Waals surface area contributed by atoms with E-state index in [9.17, 15) is 23.2 Å². The number of pyridine rings is 1. The largest absolute Gasteiger partial charge is 0.447 e. The molecule has 1 aliphatic rings. The summed E-state index contributed by atoms with van der Waals surface area (Å²) >= 11 is 0. The molecule has 3 aromatic rings. The fourth-order valence-electron chi connectivity index (χ4n) is 4.34. The molecule has 8 nitrogen and oxygen atoms in total. The van der Waals surface area contributed by atoms with E-state index in [1.165, 1.54) is 29.3 Å². The molecule has 0 bridgehead atoms. The molecule has 2 amide bonds. The second kappa shape index (κ2) is 10.5. The van der Waals surface area contributed by atoms with Crippen molar-refractivity contribution in [2.45, 2.75) is 39.3 Å². The Kier molecular flexibility index (Phi) is 7.38. The minimum Gasteiger partial charge on any atom is -0.447 e. The number of esters is 1. The van der Waals surface area contributed by atoms with Crippen molar-refractivity contribution in [3.8, 4) is 11.1 Å². The first kappa shape index (κ1) is 26.6. The molecule has 1 aromatic heterocycles. The predicted octanol–water partition coefficient (Wildman–Crippen LogP) is 4.08. The van der Waals surface area contributed by atoms with Gasteiger partial charge in [0.25, 0.3) is 11.8 Å². The number of hydrogen-bond acceptors (Lipinski definition) is 6. The number of halogens is 3. The molecule has 4 rings (SSSR count). The molecule has 11 heteroatoms. The van der Waals surface area contributed by atoms with Gasteiger partial charge in [0.15, 0.2) is 0 Å². The summed E-state index contributed by atoms with van der Waals surface area (Å²) in [4.78, 5) is 42.8. The highest BCUT2D eigenvalue weighted by molar-refractivity contribution is 6.01. The molecule has 0 fully saturated rings. The molecule has 1 unspecified atom stereocenters. The zero-order valence-electron chi connectivity index (χ0n) is 20.8. The number of fused-ring (bicyclic) bond motifs is 1. The number of carbonyl (C=O) groups is 3. The molecule has 198 valence electrons. The van der Waals surface area contributed by atoms with Gasteiger partial charge >= 0.3 is 5.97 Å². The van der Waals surface area contributed by atoms with E-state index in [4.69, 9.17) is 10.5 Å². The molecule has 2 heterocycles. The molecule has 0 saturated heterocycles. The summed E-state index contributed by atoms with van der Waals surface area (Å²) in [5.74, 6) is -4.58. The summed E-state index contributed by atoms with van der Waals surface area (Å²) in [5.41, 5.74) is 6.67. The molecular weight excluding hydrogens is 501 g/mol. The normalized spacial score (nSPS) is 13.3. The van der Waals surface area contributed by atoms with Crippen molar-refractivity contribution in [1.82, 2.24) is 10.3 Å². The van der Waals surface area contributed by atoms with Gasteiger partial charge in [0, 0.05) is 59.7 Å². The average Bonchev–Trinajstić information content (AvgIpc) is 3.27. The fourth-order valence-corrected chi connectivity index (χ4v) is 4.34. The van der Waals surface area contributed by atoms with Crippen LogP contribution in [0.4, 0.5) is 24.7 Å². The number of rotatable bonds is 6. The number of ether oxygens (including phenoxy) is 1. The molecule has 2 aromatic carbocycles. The minimum atomic E-state index is -1.63. The van der Waals surface area contributed by atoms with Gasteiger partial charge in [0.1, 0.15) is 23.3 Å². The van der Waals surface area contributed by atoms with Gasteiger partial charge in [-0.15, -0.1) is 0 Å². The Balaban J connectivity index is 1.69. The monoisotopic (exact) mass is 526 g/mol. The highest BCUT2D eigenvalue weighted by atomic mass is 19.1. The van der Waals surface area contributed by atoms with Gasteiger partial charge in [-0.3, -0.25) is 14.4 Å². The van der Waals surface area contributed by atoms with Gasteiger partial charge in [-0.05, 0) is 50.6 Å². The molecule has 1 atom stereocenters. The Bertz CT molecular complexity index is 1420. The average molecular weight is 527 g/mol. The van der Waals surface area contributed by atoms with Crippen LogP contribution in [-0.4, -0.2) is 35.4 Å². The highest BCUT2D eigenvalue weighted by Crippen LogP contribution is 2.38. The van der Waals surface area contributed by atoms with E-state index < -0.39 is 41.3 Å². The second-order valence-electron chi connectivity index (χ2n) is 9.14. The zero-order valence-corrected chi connectivity index (χ0v) is 20.8. The predicted molar refractivity (Wildman–Crippen MR) is 134 cm³/mol. The van der Waals surface area contributed by atoms with E-state index in [1.54, 1.807) is 13.8 Å². The molecule has 38 heavy (non-hydrogen) atoms. The number of amides is 2. The maximum Gasteiger partial charge on any atom is 0.303 e. The number of aromatic nitrogens is 1. The third-order valence-corrected chi connectivity index (χ3v) is 5.95. The van der Waals surface area contributed by atoms with Crippen molar-refractivity contribution in [2.24, 2.45) is 0 Å². The van der Waals surface area contributed by atoms with Crippen LogP contribution in [0.25, 0.3) is 11.1 Å². The summed E-state index contributed by atoms with van der Waals surface area (Å²) in [6.07, 6.45) is -0.150. The van der Waals surface area contributed by atoms with Gasteiger partial charge in [-0.2, -0.15) is 0 Å². The van der Waals surface area contributed by atoms with Gasteiger partial charge < -0.3 is 20.7 Å². The lowest BCUT2D eigenvalue weighted by Gasteiger charge is -2.24. The standard InChI is InChI=1S/C27H25F3N4O4/c1-13(2)33-26(36)21-10-16(12-32-25(21)31)19-4-5-22-20(23(19)30)6-7-34(22)27(37)24(38-14(3)35)15-8-17(28)11-18(29)9-15/h4-5,8-13,24H,6-7H2,1-3H3,(H2,31,32)(H,33,36). The van der Waals surface area contributed by atoms with Gasteiger partial charge in [-0.1, -0.05) is 0 Å². The molecule has 3 N–H and O–H groups in total. The first-order valence-electron chi connectivity index (χ1n) is 11.8. The first-order valence-corrected chi connectivity index (χ1v) is 11.8. The minimum absolute atomic E-state index is 0.00413. The number of nitrogen functional groups attached to an aromatic ring is 1. The van der Waals surface area contributed by atoms with Gasteiger partial charge in [0.05, 0.1) is 5.56 Å². The third-order valence-electron chi connectivity index (χ3n) is 5.95. The third kappa shape index (κ3) is 5.31. The topological polar surface area (TPSA) is 115 Å². The molecular formula is C27H25F3N4O4. The quantitative estimate of drug-likeness (QED) is 0.468. The Morgan fingerprint density at radius 3 is 2.39 bits per heavy atom. The SMILES string of the molecule is CC(=O)OC(C(=O)N1CCc2c1ccc(-c1cnc(N)c(C(=O)NC(C)C)c1)c2F)c1cc(F)cc(F)c1. The Morgan fingerprint density at radius 2 is 1.76 bits per heavy atom. The number of nitrogens with zero attached hydrogens (tertiary/aromatic N) is 2. The summed E-state index contributed by atoms with van der Waals surface area (Å²) in [6.45, 7) is 4.69. The number of benzene rings is 2. The van der Waals surface area contributed by atoms with E-state index in [2.05, 4.69) is 10.3 Å². The summed E-state index contributed by atoms with van der Waals surface area (Å²) < 4.78 is 48.5. The lowest BCUT2D eigenvalue weighted by molar-refractivity contribution is -0.153. The molecule has 0 aliphatic carbocycles. The van der Waals surface area contributed by atoms with Crippen molar-refractivity contribution >= 4 is 29.3 Å². The number of nitrogens with two attached hydrogens (primary N) is 1. The maximum absolute atomic E-state index is 15.7. The van der Waals surface area contributed by atoms with E-state index in [0.29, 0.717) is 11.6 Å². The van der Waals surface area contributed by atoms with Crippen LogP contribution in [0.3, 0.4) is 0 Å². The summed E-state index contributed by atoms with van der Waals surface area (Å²) in [5, 5.41) is 2.72. The number of anilines is 2. The van der Waals surface area contributed by atoms with Crippen molar-refractivity contribution < 1.29 is 32.3 Å². The highest BCUT2D eigenvalue weighted by Gasteiger charge is 2.35. The van der Waals surface area contributed by atoms with Gasteiger partial charge in [0.2, 0.25) is 6.10 Å². The number of hydrogen-bond donors (Lipinski definition) is 2. The van der Waals surface area contributed by atoms with Crippen LogP contribution in [0.15, 0.2) is 42.6 Å². The Hall–Kier alpha value is -4.41. The van der Waals surface area contributed by atoms with Crippen LogP contribution in [0.1, 0.15) is 48.4 Å². The first-order chi connectivity index (χ1) is 18.0. The van der Waals surface area contributed by atoms with Crippen LogP contribution in [-0.2, 0) is 20.7 Å². The number of nitrogens with one attached hydrogen (secondary N) is 1. The van der Waals surface area contributed by atoms with Crippen LogP contribution in [0, 0.1) is 17.5 Å². The van der Waals surface area contributed by atoms with E-state index in [0.717, 1.165) is 19.1 Å². The van der Waals surface area contributed by atoms with Crippen molar-refractivity contribution in [2.75, 3.05) is 17.2 Å². The summed E-state index contributed by atoms with van der Waals surface area (Å²) in [7, 11) is 0. The van der Waals surface area contributed by atoms with E-state index >= 15 is 4.39 Å². The van der Waals surface area contributed by atoms with Crippen molar-refractivity contribution in [1.29, 1.82) is 0 Å². The fraction of sp³-hybridized carbons (Fsp3) is 0.259. The van der Waals surface area contributed by atoms with E-state index in [1.807, 2.05) is 0 Å². The van der Waals surface area contributed by atoms with Crippen molar-refractivity contribution in [3.05, 3.63) is 76.7 Å². The van der Waals surface area contributed by atoms with Gasteiger partial charge in [-0.25, -0.2) is 18.2 Å². The maximum atomic E-state index is 15.7. The van der Waals surface area contributed by atoms with Crippen LogP contribution >= 0.6 is 0 Å². The molecule has 0 spiro atoms. The molecule has 0 saturated carbocycles. The second-order valence-corrected chi connectivity index (χ2v) is 9.14. The Labute approximate surface area is 216 Å². The van der Waals surface area contributed by atoms with Crippen LogP contribution < -0.4 is 16.0 Å². The van der Waals surface area contributed by atoms with Crippen molar-refractivity contribution in [3.63, 3.8) is 0 Å². The molecule has 0 radical (unpaired) electrons. The van der Waals surface area contributed by atoms with E-state index in [-0.39, 0.29) is 52.8 Å². The summed E-state index contributed by atoms with van der Waals surface area (Å²) in [6, 6.07) is 6.67. The lowest BCUT2D eigenvalue weighted by atomic mass is 10.00. The van der Waals surface area contributed by atoms with Crippen LogP contribution in [0.5, 0.6) is 0 Å². The molecule has 1 aliphatic heterocycles.